The van der Waals surface area contributed by atoms with Crippen molar-refractivity contribution in [1.82, 2.24) is 0 Å². The third-order valence-corrected chi connectivity index (χ3v) is 11.0. The number of hydrogen-bond donors (Lipinski definition) is 1. The van der Waals surface area contributed by atoms with Crippen LogP contribution in [0.15, 0.2) is 0 Å². The first-order valence-electron chi connectivity index (χ1n) is 13.9. The van der Waals surface area contributed by atoms with Gasteiger partial charge in [-0.05, 0) is 99.2 Å². The van der Waals surface area contributed by atoms with E-state index in [1.54, 1.807) is 0 Å². The molecular formula is C28H48O. The minimum absolute atomic E-state index is 0.322. The summed E-state index contributed by atoms with van der Waals surface area (Å²) in [6.45, 7) is 0. The molecule has 29 heavy (non-hydrogen) atoms. The Hall–Kier alpha value is -0.0400. The first kappa shape index (κ1) is 20.8. The molecule has 0 bridgehead atoms. The Morgan fingerprint density at radius 3 is 1.86 bits per heavy atom. The van der Waals surface area contributed by atoms with E-state index in [-0.39, 0.29) is 5.60 Å². The van der Waals surface area contributed by atoms with Crippen LogP contribution in [0.3, 0.4) is 0 Å². The monoisotopic (exact) mass is 400 g/mol. The molecule has 0 aromatic carbocycles. The van der Waals surface area contributed by atoms with Crippen molar-refractivity contribution < 1.29 is 5.11 Å². The minimum atomic E-state index is -0.322. The molecule has 5 rings (SSSR count). The molecule has 0 heterocycles. The third kappa shape index (κ3) is 3.96. The summed E-state index contributed by atoms with van der Waals surface area (Å²) >= 11 is 0. The minimum Gasteiger partial charge on any atom is -0.389 e. The van der Waals surface area contributed by atoms with E-state index in [0.29, 0.717) is 23.2 Å². The summed E-state index contributed by atoms with van der Waals surface area (Å²) < 4.78 is 0. The maximum Gasteiger partial charge on any atom is 0.0734 e. The van der Waals surface area contributed by atoms with E-state index in [0.717, 1.165) is 11.8 Å². The van der Waals surface area contributed by atoms with Crippen LogP contribution in [0, 0.1) is 35.0 Å². The number of rotatable bonds is 3. The summed E-state index contributed by atoms with van der Waals surface area (Å²) in [6.07, 6.45) is 29.8. The fourth-order valence-electron chi connectivity index (χ4n) is 9.51. The lowest BCUT2D eigenvalue weighted by atomic mass is 9.51. The molecule has 5 fully saturated rings. The van der Waals surface area contributed by atoms with Crippen LogP contribution in [-0.2, 0) is 0 Å². The highest BCUT2D eigenvalue weighted by molar-refractivity contribution is 5.05. The molecule has 5 saturated carbocycles. The molecule has 1 N–H and O–H groups in total. The molecule has 0 aliphatic heterocycles. The van der Waals surface area contributed by atoms with Crippen molar-refractivity contribution in [2.75, 3.05) is 0 Å². The second-order valence-electron chi connectivity index (χ2n) is 12.3. The Balaban J connectivity index is 1.38. The van der Waals surface area contributed by atoms with Crippen LogP contribution in [0.1, 0.15) is 135 Å². The molecular weight excluding hydrogens is 352 g/mol. The van der Waals surface area contributed by atoms with Gasteiger partial charge < -0.3 is 5.11 Å². The first-order valence-corrected chi connectivity index (χ1v) is 13.9. The van der Waals surface area contributed by atoms with E-state index in [4.69, 9.17) is 0 Å². The van der Waals surface area contributed by atoms with Crippen LogP contribution in [-0.4, -0.2) is 10.7 Å². The van der Waals surface area contributed by atoms with E-state index in [1.165, 1.54) is 135 Å². The average molecular weight is 401 g/mol. The Kier molecular flexibility index (Phi) is 6.35. The van der Waals surface area contributed by atoms with Gasteiger partial charge >= 0.3 is 0 Å². The molecule has 0 saturated heterocycles. The third-order valence-electron chi connectivity index (χ3n) is 11.0. The molecule has 5 aliphatic carbocycles. The normalized spacial score (nSPS) is 39.0. The van der Waals surface area contributed by atoms with Crippen molar-refractivity contribution in [2.45, 2.75) is 140 Å². The molecule has 0 amide bonds. The van der Waals surface area contributed by atoms with Crippen LogP contribution < -0.4 is 0 Å². The zero-order valence-electron chi connectivity index (χ0n) is 19.2. The highest BCUT2D eigenvalue weighted by Gasteiger charge is 2.55. The average Bonchev–Trinajstić information content (AvgIpc) is 2.80. The van der Waals surface area contributed by atoms with Gasteiger partial charge in [-0.1, -0.05) is 70.6 Å². The summed E-state index contributed by atoms with van der Waals surface area (Å²) in [4.78, 5) is 0. The van der Waals surface area contributed by atoms with Gasteiger partial charge in [0.1, 0.15) is 0 Å². The lowest BCUT2D eigenvalue weighted by molar-refractivity contribution is -0.173. The second kappa shape index (κ2) is 8.84. The van der Waals surface area contributed by atoms with E-state index in [2.05, 4.69) is 0 Å². The zero-order chi connectivity index (χ0) is 19.7. The molecule has 0 aromatic heterocycles. The molecule has 166 valence electrons. The largest absolute Gasteiger partial charge is 0.389 e. The van der Waals surface area contributed by atoms with Crippen LogP contribution in [0.4, 0.5) is 0 Å². The molecule has 1 spiro atoms. The van der Waals surface area contributed by atoms with Gasteiger partial charge in [-0.2, -0.15) is 0 Å². The fourth-order valence-corrected chi connectivity index (χ4v) is 9.51. The quantitative estimate of drug-likeness (QED) is 0.508. The number of fused-ring (bicyclic) bond motifs is 1. The SMILES string of the molecule is O[C@@](C1CCCCC1)(C1CCC2(CCCCC2)CC1)[C@H]1CCC[C@H]2CCCC[C@@H]21. The summed E-state index contributed by atoms with van der Waals surface area (Å²) in [6, 6.07) is 0. The Labute approximate surface area is 180 Å². The van der Waals surface area contributed by atoms with Gasteiger partial charge in [0.05, 0.1) is 5.60 Å². The van der Waals surface area contributed by atoms with Gasteiger partial charge in [0.25, 0.3) is 0 Å². The van der Waals surface area contributed by atoms with Crippen molar-refractivity contribution in [3.05, 3.63) is 0 Å². The van der Waals surface area contributed by atoms with E-state index < -0.39 is 0 Å². The van der Waals surface area contributed by atoms with Crippen molar-refractivity contribution >= 4 is 0 Å². The van der Waals surface area contributed by atoms with Crippen LogP contribution in [0.25, 0.3) is 0 Å². The first-order chi connectivity index (χ1) is 14.2. The standard InChI is InChI=1S/C28H48O/c29-28(23-12-3-1-4-13-23,26-15-9-11-22-10-5-6-14-25(22)26)24-16-20-27(21-17-24)18-7-2-8-19-27/h22-26,29H,1-21H2/t22-,25+,26+,28+/m1/s1. The zero-order valence-corrected chi connectivity index (χ0v) is 19.2. The topological polar surface area (TPSA) is 20.2 Å². The van der Waals surface area contributed by atoms with Gasteiger partial charge in [-0.15, -0.1) is 0 Å². The number of aliphatic hydroxyl groups is 1. The van der Waals surface area contributed by atoms with Gasteiger partial charge in [0, 0.05) is 0 Å². The smallest absolute Gasteiger partial charge is 0.0734 e. The Bertz CT molecular complexity index is 516. The van der Waals surface area contributed by atoms with Gasteiger partial charge in [0.15, 0.2) is 0 Å². The summed E-state index contributed by atoms with van der Waals surface area (Å²) in [5.41, 5.74) is 0.361. The van der Waals surface area contributed by atoms with E-state index in [1.807, 2.05) is 0 Å². The lowest BCUT2D eigenvalue weighted by Crippen LogP contribution is -2.57. The van der Waals surface area contributed by atoms with Crippen LogP contribution in [0.5, 0.6) is 0 Å². The Morgan fingerprint density at radius 1 is 0.517 bits per heavy atom. The summed E-state index contributed by atoms with van der Waals surface area (Å²) in [5.74, 6) is 3.67. The van der Waals surface area contributed by atoms with E-state index in [9.17, 15) is 5.11 Å². The van der Waals surface area contributed by atoms with Gasteiger partial charge in [0.2, 0.25) is 0 Å². The predicted molar refractivity (Wildman–Crippen MR) is 122 cm³/mol. The van der Waals surface area contributed by atoms with Gasteiger partial charge in [-0.25, -0.2) is 0 Å². The maximum absolute atomic E-state index is 12.8. The molecule has 1 heteroatoms. The van der Waals surface area contributed by atoms with Crippen molar-refractivity contribution in [2.24, 2.45) is 35.0 Å². The van der Waals surface area contributed by atoms with Crippen molar-refractivity contribution in [1.29, 1.82) is 0 Å². The molecule has 0 unspecified atom stereocenters. The maximum atomic E-state index is 12.8. The van der Waals surface area contributed by atoms with Gasteiger partial charge in [-0.3, -0.25) is 0 Å². The number of hydrogen-bond acceptors (Lipinski definition) is 1. The molecule has 4 atom stereocenters. The van der Waals surface area contributed by atoms with Crippen LogP contribution >= 0.6 is 0 Å². The Morgan fingerprint density at radius 2 is 1.10 bits per heavy atom. The van der Waals surface area contributed by atoms with Crippen molar-refractivity contribution in [3.8, 4) is 0 Å². The van der Waals surface area contributed by atoms with Crippen LogP contribution in [0.2, 0.25) is 0 Å². The molecule has 5 aliphatic rings. The molecule has 0 aromatic rings. The molecule has 0 radical (unpaired) electrons. The summed E-state index contributed by atoms with van der Waals surface area (Å²) in [5, 5.41) is 12.8. The lowest BCUT2D eigenvalue weighted by Gasteiger charge is -2.57. The highest BCUT2D eigenvalue weighted by atomic mass is 16.3. The summed E-state index contributed by atoms with van der Waals surface area (Å²) in [7, 11) is 0. The highest BCUT2D eigenvalue weighted by Crippen LogP contribution is 2.58. The van der Waals surface area contributed by atoms with Crippen molar-refractivity contribution in [3.63, 3.8) is 0 Å². The fraction of sp³-hybridized carbons (Fsp3) is 1.00. The predicted octanol–water partition coefficient (Wildman–Crippen LogP) is 8.05. The molecule has 1 nitrogen and oxygen atoms in total. The van der Waals surface area contributed by atoms with E-state index >= 15 is 0 Å². The second-order valence-corrected chi connectivity index (χ2v) is 12.3.